The number of fused-ring (bicyclic) bond motifs is 1. The van der Waals surface area contributed by atoms with Crippen molar-refractivity contribution in [3.05, 3.63) is 55.9 Å². The van der Waals surface area contributed by atoms with Gasteiger partial charge in [-0.2, -0.15) is 0 Å². The smallest absolute Gasteiger partial charge is 0.324 e. The average Bonchev–Trinajstić information content (AvgIpc) is 2.87. The molecule has 0 aliphatic carbocycles. The van der Waals surface area contributed by atoms with Crippen LogP contribution in [0.2, 0.25) is 5.02 Å². The van der Waals surface area contributed by atoms with Gasteiger partial charge in [0.2, 0.25) is 0 Å². The van der Waals surface area contributed by atoms with Crippen molar-refractivity contribution in [2.45, 2.75) is 6.17 Å². The lowest BCUT2D eigenvalue weighted by Crippen LogP contribution is -2.38. The molecule has 1 aliphatic rings. The van der Waals surface area contributed by atoms with E-state index in [2.05, 4.69) is 10.6 Å². The highest BCUT2D eigenvalue weighted by atomic mass is 35.5. The van der Waals surface area contributed by atoms with E-state index in [1.165, 1.54) is 6.07 Å². The molecule has 1 aromatic heterocycles. The largest absolute Gasteiger partial charge is 0.361 e. The Morgan fingerprint density at radius 3 is 2.80 bits per heavy atom. The minimum atomic E-state index is -0.501. The second-order valence-electron chi connectivity index (χ2n) is 4.22. The van der Waals surface area contributed by atoms with Crippen LogP contribution < -0.4 is 10.6 Å². The molecule has 1 aromatic carbocycles. The maximum atomic E-state index is 12.0. The fraction of sp³-hybridized carbons (Fsp3) is 0.0833. The van der Waals surface area contributed by atoms with Crippen LogP contribution >= 0.6 is 22.9 Å². The third-order valence-corrected chi connectivity index (χ3v) is 4.05. The van der Waals surface area contributed by atoms with E-state index in [0.717, 1.165) is 11.3 Å². The number of hydrogen-bond acceptors (Lipinski definition) is 5. The number of nitrogens with zero attached hydrogens (tertiary/aromatic N) is 1. The van der Waals surface area contributed by atoms with Crippen LogP contribution in [0.25, 0.3) is 0 Å². The zero-order chi connectivity index (χ0) is 14.3. The summed E-state index contributed by atoms with van der Waals surface area (Å²) in [5.74, 6) is -0.241. The number of benzene rings is 1. The van der Waals surface area contributed by atoms with E-state index in [4.69, 9.17) is 11.6 Å². The summed E-state index contributed by atoms with van der Waals surface area (Å²) in [5, 5.41) is 18.7. The highest BCUT2D eigenvalue weighted by molar-refractivity contribution is 7.13. The van der Waals surface area contributed by atoms with Gasteiger partial charge in [0.15, 0.2) is 0 Å². The Hall–Kier alpha value is -2.12. The van der Waals surface area contributed by atoms with Crippen LogP contribution in [-0.4, -0.2) is 10.8 Å². The van der Waals surface area contributed by atoms with E-state index in [-0.39, 0.29) is 10.9 Å². The third kappa shape index (κ3) is 2.21. The van der Waals surface area contributed by atoms with Crippen molar-refractivity contribution in [1.82, 2.24) is 5.32 Å². The summed E-state index contributed by atoms with van der Waals surface area (Å²) in [6.07, 6.45) is -0.501. The molecule has 8 heteroatoms. The van der Waals surface area contributed by atoms with Gasteiger partial charge in [-0.3, -0.25) is 14.9 Å². The third-order valence-electron chi connectivity index (χ3n) is 2.92. The van der Waals surface area contributed by atoms with Crippen molar-refractivity contribution < 1.29 is 9.72 Å². The van der Waals surface area contributed by atoms with Crippen LogP contribution in [-0.2, 0) is 0 Å². The summed E-state index contributed by atoms with van der Waals surface area (Å²) in [7, 11) is 0. The topological polar surface area (TPSA) is 84.3 Å². The molecule has 1 aliphatic heterocycles. The van der Waals surface area contributed by atoms with Crippen LogP contribution in [0, 0.1) is 10.1 Å². The molecule has 0 fully saturated rings. The zero-order valence-corrected chi connectivity index (χ0v) is 11.5. The predicted molar refractivity (Wildman–Crippen MR) is 76.3 cm³/mol. The molecule has 2 aromatic rings. The molecule has 102 valence electrons. The van der Waals surface area contributed by atoms with E-state index in [9.17, 15) is 14.9 Å². The quantitative estimate of drug-likeness (QED) is 0.659. The molecule has 2 N–H and O–H groups in total. The number of carbonyl (C=O) groups excluding carboxylic acids is 1. The van der Waals surface area contributed by atoms with Crippen LogP contribution in [0.4, 0.5) is 10.7 Å². The Morgan fingerprint density at radius 2 is 2.10 bits per heavy atom. The first-order valence-electron chi connectivity index (χ1n) is 5.64. The van der Waals surface area contributed by atoms with Crippen molar-refractivity contribution in [3.63, 3.8) is 0 Å². The average molecular weight is 310 g/mol. The number of halogens is 1. The molecule has 1 atom stereocenters. The number of amides is 1. The van der Waals surface area contributed by atoms with Crippen LogP contribution in [0.3, 0.4) is 0 Å². The molecule has 20 heavy (non-hydrogen) atoms. The molecular weight excluding hydrogens is 302 g/mol. The van der Waals surface area contributed by atoms with Gasteiger partial charge in [0.1, 0.15) is 6.17 Å². The van der Waals surface area contributed by atoms with Gasteiger partial charge in [0, 0.05) is 22.0 Å². The van der Waals surface area contributed by atoms with Crippen molar-refractivity contribution in [1.29, 1.82) is 0 Å². The molecule has 0 radical (unpaired) electrons. The van der Waals surface area contributed by atoms with Gasteiger partial charge < -0.3 is 10.6 Å². The highest BCUT2D eigenvalue weighted by Crippen LogP contribution is 2.32. The van der Waals surface area contributed by atoms with Gasteiger partial charge in [-0.1, -0.05) is 22.9 Å². The van der Waals surface area contributed by atoms with E-state index >= 15 is 0 Å². The number of rotatable bonds is 2. The Bertz CT molecular complexity index is 716. The van der Waals surface area contributed by atoms with E-state index in [0.29, 0.717) is 21.8 Å². The normalized spacial score (nSPS) is 17.1. The lowest BCUT2D eigenvalue weighted by atomic mass is 10.1. The fourth-order valence-electron chi connectivity index (χ4n) is 1.99. The summed E-state index contributed by atoms with van der Waals surface area (Å²) in [4.78, 5) is 22.2. The number of carbonyl (C=O) groups is 1. The molecule has 1 unspecified atom stereocenters. The number of nitro groups is 1. The molecule has 2 heterocycles. The standard InChI is InChI=1S/C12H8ClN3O3S/c13-7-1-2-8-9(4-7)14-11(15-12(8)17)6-3-10(16(18)19)20-5-6/h1-5,11,14H,(H,15,17). The summed E-state index contributed by atoms with van der Waals surface area (Å²) >= 11 is 6.93. The number of hydrogen-bond donors (Lipinski definition) is 2. The van der Waals surface area contributed by atoms with E-state index in [1.807, 2.05) is 0 Å². The summed E-state index contributed by atoms with van der Waals surface area (Å²) in [6, 6.07) is 6.37. The van der Waals surface area contributed by atoms with Crippen molar-refractivity contribution in [2.24, 2.45) is 0 Å². The molecule has 1 amide bonds. The fourth-order valence-corrected chi connectivity index (χ4v) is 2.91. The molecule has 0 saturated heterocycles. The van der Waals surface area contributed by atoms with Gasteiger partial charge in [0.25, 0.3) is 5.91 Å². The Labute approximate surface area is 122 Å². The summed E-state index contributed by atoms with van der Waals surface area (Å²) in [6.45, 7) is 0. The lowest BCUT2D eigenvalue weighted by Gasteiger charge is -2.27. The van der Waals surface area contributed by atoms with Gasteiger partial charge in [0.05, 0.1) is 16.2 Å². The molecule has 6 nitrogen and oxygen atoms in total. The van der Waals surface area contributed by atoms with Gasteiger partial charge in [-0.15, -0.1) is 0 Å². The zero-order valence-electron chi connectivity index (χ0n) is 9.92. The maximum absolute atomic E-state index is 12.0. The minimum Gasteiger partial charge on any atom is -0.361 e. The van der Waals surface area contributed by atoms with Crippen LogP contribution in [0.15, 0.2) is 29.6 Å². The molecule has 0 bridgehead atoms. The first-order chi connectivity index (χ1) is 9.54. The summed E-state index contributed by atoms with van der Waals surface area (Å²) in [5.41, 5.74) is 1.75. The predicted octanol–water partition coefficient (Wildman–Crippen LogP) is 3.16. The maximum Gasteiger partial charge on any atom is 0.324 e. The number of nitrogens with one attached hydrogen (secondary N) is 2. The first kappa shape index (κ1) is 12.9. The molecule has 0 spiro atoms. The molecule has 3 rings (SSSR count). The van der Waals surface area contributed by atoms with Gasteiger partial charge in [-0.25, -0.2) is 0 Å². The van der Waals surface area contributed by atoms with Gasteiger partial charge >= 0.3 is 5.00 Å². The van der Waals surface area contributed by atoms with E-state index in [1.54, 1.807) is 23.6 Å². The minimum absolute atomic E-state index is 0.0351. The van der Waals surface area contributed by atoms with Crippen LogP contribution in [0.5, 0.6) is 0 Å². The van der Waals surface area contributed by atoms with Gasteiger partial charge in [-0.05, 0) is 18.2 Å². The van der Waals surface area contributed by atoms with E-state index < -0.39 is 11.1 Å². The van der Waals surface area contributed by atoms with Crippen molar-refractivity contribution >= 4 is 39.5 Å². The monoisotopic (exact) mass is 309 g/mol. The van der Waals surface area contributed by atoms with Crippen LogP contribution in [0.1, 0.15) is 22.1 Å². The second kappa shape index (κ2) is 4.77. The molecule has 0 saturated carbocycles. The lowest BCUT2D eigenvalue weighted by molar-refractivity contribution is -0.380. The second-order valence-corrected chi connectivity index (χ2v) is 5.54. The highest BCUT2D eigenvalue weighted by Gasteiger charge is 2.26. The number of thiophene rings is 1. The first-order valence-corrected chi connectivity index (χ1v) is 6.90. The van der Waals surface area contributed by atoms with Crippen molar-refractivity contribution in [2.75, 3.05) is 5.32 Å². The Balaban J connectivity index is 1.94. The Morgan fingerprint density at radius 1 is 1.30 bits per heavy atom. The molecular formula is C12H8ClN3O3S. The summed E-state index contributed by atoms with van der Waals surface area (Å²) < 4.78 is 0. The SMILES string of the molecule is O=C1NC(c2csc([N+](=O)[O-])c2)Nc2cc(Cl)ccc21. The van der Waals surface area contributed by atoms with Crippen molar-refractivity contribution in [3.8, 4) is 0 Å². The Kier molecular flexibility index (Phi) is 3.07. The number of anilines is 1.